The van der Waals surface area contributed by atoms with Gasteiger partial charge in [0.1, 0.15) is 0 Å². The fraction of sp³-hybridized carbons (Fsp3) is 0.923. The molecule has 1 heterocycles. The SMILES string of the molecule is CC1CCC(N2CCCC(Br)C2=O)C(C)C1. The molecule has 92 valence electrons. The van der Waals surface area contributed by atoms with Crippen molar-refractivity contribution in [1.29, 1.82) is 0 Å². The van der Waals surface area contributed by atoms with Crippen molar-refractivity contribution >= 4 is 21.8 Å². The second kappa shape index (κ2) is 5.07. The summed E-state index contributed by atoms with van der Waals surface area (Å²) in [6.45, 7) is 5.62. The van der Waals surface area contributed by atoms with Crippen LogP contribution in [0.3, 0.4) is 0 Å². The summed E-state index contributed by atoms with van der Waals surface area (Å²) >= 11 is 3.50. The van der Waals surface area contributed by atoms with Gasteiger partial charge in [0.15, 0.2) is 0 Å². The summed E-state index contributed by atoms with van der Waals surface area (Å²) in [5.41, 5.74) is 0. The van der Waals surface area contributed by atoms with Crippen LogP contribution >= 0.6 is 15.9 Å². The Balaban J connectivity index is 2.03. The van der Waals surface area contributed by atoms with Crippen LogP contribution in [0.15, 0.2) is 0 Å². The maximum atomic E-state index is 12.1. The van der Waals surface area contributed by atoms with Crippen molar-refractivity contribution in [3.63, 3.8) is 0 Å². The molecule has 1 saturated carbocycles. The molecule has 1 amide bonds. The predicted octanol–water partition coefficient (Wildman–Crippen LogP) is 3.20. The molecule has 0 N–H and O–H groups in total. The van der Waals surface area contributed by atoms with Gasteiger partial charge in [-0.2, -0.15) is 0 Å². The molecule has 0 bridgehead atoms. The largest absolute Gasteiger partial charge is 0.338 e. The quantitative estimate of drug-likeness (QED) is 0.679. The molecule has 3 heteroatoms. The molecule has 0 spiro atoms. The molecule has 2 aliphatic rings. The van der Waals surface area contributed by atoms with Crippen LogP contribution in [0.4, 0.5) is 0 Å². The Morgan fingerprint density at radius 3 is 2.69 bits per heavy atom. The molecule has 2 fully saturated rings. The predicted molar refractivity (Wildman–Crippen MR) is 69.6 cm³/mol. The third-order valence-corrected chi connectivity index (χ3v) is 5.04. The zero-order valence-electron chi connectivity index (χ0n) is 10.3. The van der Waals surface area contributed by atoms with E-state index in [1.54, 1.807) is 0 Å². The van der Waals surface area contributed by atoms with E-state index in [4.69, 9.17) is 0 Å². The lowest BCUT2D eigenvalue weighted by Crippen LogP contribution is -2.51. The van der Waals surface area contributed by atoms with Crippen LogP contribution in [0.1, 0.15) is 46.0 Å². The lowest BCUT2D eigenvalue weighted by molar-refractivity contribution is -0.137. The van der Waals surface area contributed by atoms with Gasteiger partial charge in [0.25, 0.3) is 0 Å². The first-order valence-electron chi connectivity index (χ1n) is 6.54. The zero-order chi connectivity index (χ0) is 11.7. The highest BCUT2D eigenvalue weighted by Crippen LogP contribution is 2.34. The number of carbonyl (C=O) groups excluding carboxylic acids is 1. The molecular formula is C13H22BrNO. The maximum Gasteiger partial charge on any atom is 0.236 e. The monoisotopic (exact) mass is 287 g/mol. The molecule has 2 rings (SSSR count). The average Bonchev–Trinajstić information content (AvgIpc) is 2.23. The standard InChI is InChI=1S/C13H22BrNO/c1-9-5-6-12(10(2)8-9)15-7-3-4-11(14)13(15)16/h9-12H,3-8H2,1-2H3. The van der Waals surface area contributed by atoms with E-state index in [0.29, 0.717) is 17.9 Å². The van der Waals surface area contributed by atoms with Crippen molar-refractivity contribution in [3.8, 4) is 0 Å². The number of nitrogens with zero attached hydrogens (tertiary/aromatic N) is 1. The third kappa shape index (κ3) is 2.44. The van der Waals surface area contributed by atoms with E-state index >= 15 is 0 Å². The first kappa shape index (κ1) is 12.4. The fourth-order valence-corrected chi connectivity index (χ4v) is 3.88. The summed E-state index contributed by atoms with van der Waals surface area (Å²) in [5.74, 6) is 1.84. The first-order chi connectivity index (χ1) is 7.59. The fourth-order valence-electron chi connectivity index (χ4n) is 3.30. The van der Waals surface area contributed by atoms with E-state index < -0.39 is 0 Å². The summed E-state index contributed by atoms with van der Waals surface area (Å²) in [4.78, 5) is 14.4. The summed E-state index contributed by atoms with van der Waals surface area (Å²) in [6, 6.07) is 0.504. The van der Waals surface area contributed by atoms with Crippen LogP contribution in [0, 0.1) is 11.8 Å². The van der Waals surface area contributed by atoms with E-state index in [9.17, 15) is 4.79 Å². The summed E-state index contributed by atoms with van der Waals surface area (Å²) in [6.07, 6.45) is 5.92. The topological polar surface area (TPSA) is 20.3 Å². The number of likely N-dealkylation sites (tertiary alicyclic amines) is 1. The van der Waals surface area contributed by atoms with Crippen LogP contribution in [-0.2, 0) is 4.79 Å². The minimum absolute atomic E-state index is 0.0767. The summed E-state index contributed by atoms with van der Waals surface area (Å²) in [7, 11) is 0. The Labute approximate surface area is 107 Å². The van der Waals surface area contributed by atoms with Crippen molar-refractivity contribution in [2.24, 2.45) is 11.8 Å². The van der Waals surface area contributed by atoms with Crippen LogP contribution in [-0.4, -0.2) is 28.2 Å². The number of halogens is 1. The number of hydrogen-bond acceptors (Lipinski definition) is 1. The molecule has 16 heavy (non-hydrogen) atoms. The minimum atomic E-state index is 0.0767. The van der Waals surface area contributed by atoms with Gasteiger partial charge in [-0.05, 0) is 43.9 Å². The molecule has 1 aliphatic carbocycles. The lowest BCUT2D eigenvalue weighted by Gasteiger charge is -2.43. The normalized spacial score (nSPS) is 41.2. The number of hydrogen-bond donors (Lipinski definition) is 0. The number of amides is 1. The van der Waals surface area contributed by atoms with Gasteiger partial charge in [-0.15, -0.1) is 0 Å². The Morgan fingerprint density at radius 1 is 1.25 bits per heavy atom. The van der Waals surface area contributed by atoms with Gasteiger partial charge in [-0.3, -0.25) is 4.79 Å². The summed E-state index contributed by atoms with van der Waals surface area (Å²) < 4.78 is 0. The Kier molecular flexibility index (Phi) is 3.93. The van der Waals surface area contributed by atoms with Crippen LogP contribution < -0.4 is 0 Å². The van der Waals surface area contributed by atoms with Gasteiger partial charge in [0, 0.05) is 12.6 Å². The van der Waals surface area contributed by atoms with Crippen molar-refractivity contribution in [3.05, 3.63) is 0 Å². The van der Waals surface area contributed by atoms with Gasteiger partial charge >= 0.3 is 0 Å². The number of carbonyl (C=O) groups is 1. The Hall–Kier alpha value is -0.0500. The molecule has 4 atom stereocenters. The van der Waals surface area contributed by atoms with Crippen molar-refractivity contribution in [2.45, 2.75) is 56.8 Å². The highest BCUT2D eigenvalue weighted by molar-refractivity contribution is 9.10. The smallest absolute Gasteiger partial charge is 0.236 e. The third-order valence-electron chi connectivity index (χ3n) is 4.19. The Bertz CT molecular complexity index is 269. The molecule has 1 aliphatic heterocycles. The number of alkyl halides is 1. The molecular weight excluding hydrogens is 266 g/mol. The molecule has 0 aromatic carbocycles. The van der Waals surface area contributed by atoms with Crippen molar-refractivity contribution in [2.75, 3.05) is 6.54 Å². The van der Waals surface area contributed by atoms with Crippen LogP contribution in [0.5, 0.6) is 0 Å². The van der Waals surface area contributed by atoms with Gasteiger partial charge in [-0.25, -0.2) is 0 Å². The average molecular weight is 288 g/mol. The molecule has 2 nitrogen and oxygen atoms in total. The molecule has 0 radical (unpaired) electrons. The van der Waals surface area contributed by atoms with E-state index in [2.05, 4.69) is 34.7 Å². The van der Waals surface area contributed by atoms with Gasteiger partial charge in [-0.1, -0.05) is 29.8 Å². The highest BCUT2D eigenvalue weighted by atomic mass is 79.9. The van der Waals surface area contributed by atoms with Gasteiger partial charge in [0.05, 0.1) is 4.83 Å². The highest BCUT2D eigenvalue weighted by Gasteiger charge is 2.36. The van der Waals surface area contributed by atoms with E-state index in [1.807, 2.05) is 0 Å². The Morgan fingerprint density at radius 2 is 2.00 bits per heavy atom. The molecule has 1 saturated heterocycles. The summed E-state index contributed by atoms with van der Waals surface area (Å²) in [5, 5.41) is 0. The molecule has 0 aromatic rings. The van der Waals surface area contributed by atoms with Crippen molar-refractivity contribution < 1.29 is 4.79 Å². The van der Waals surface area contributed by atoms with Gasteiger partial charge in [0.2, 0.25) is 5.91 Å². The maximum absolute atomic E-state index is 12.1. The van der Waals surface area contributed by atoms with Crippen LogP contribution in [0.2, 0.25) is 0 Å². The van der Waals surface area contributed by atoms with E-state index in [-0.39, 0.29) is 4.83 Å². The lowest BCUT2D eigenvalue weighted by atomic mass is 9.78. The van der Waals surface area contributed by atoms with E-state index in [0.717, 1.165) is 25.3 Å². The second-order valence-electron chi connectivity index (χ2n) is 5.60. The second-order valence-corrected chi connectivity index (χ2v) is 6.71. The van der Waals surface area contributed by atoms with Gasteiger partial charge < -0.3 is 4.90 Å². The molecule has 4 unspecified atom stereocenters. The number of piperidine rings is 1. The zero-order valence-corrected chi connectivity index (χ0v) is 11.9. The minimum Gasteiger partial charge on any atom is -0.338 e. The van der Waals surface area contributed by atoms with E-state index in [1.165, 1.54) is 19.3 Å². The van der Waals surface area contributed by atoms with Crippen LogP contribution in [0.25, 0.3) is 0 Å². The molecule has 0 aromatic heterocycles. The first-order valence-corrected chi connectivity index (χ1v) is 7.45. The number of rotatable bonds is 1. The van der Waals surface area contributed by atoms with Crippen molar-refractivity contribution in [1.82, 2.24) is 4.90 Å².